The van der Waals surface area contributed by atoms with Gasteiger partial charge < -0.3 is 10.0 Å². The van der Waals surface area contributed by atoms with Gasteiger partial charge in [-0.15, -0.1) is 0 Å². The molecular formula is C16H18N2O2. The zero-order valence-electron chi connectivity index (χ0n) is 11.5. The highest BCUT2D eigenvalue weighted by Crippen LogP contribution is 2.29. The number of nitrogens with zero attached hydrogens (tertiary/aromatic N) is 2. The molecule has 1 aliphatic rings. The number of anilines is 1. The first-order valence-corrected chi connectivity index (χ1v) is 6.99. The summed E-state index contributed by atoms with van der Waals surface area (Å²) in [6.07, 6.45) is 3.48. The summed E-state index contributed by atoms with van der Waals surface area (Å²) in [6, 6.07) is 8.20. The van der Waals surface area contributed by atoms with E-state index in [1.807, 2.05) is 18.3 Å². The Morgan fingerprint density at radius 2 is 2.20 bits per heavy atom. The smallest absolute Gasteiger partial charge is 0.308 e. The van der Waals surface area contributed by atoms with E-state index in [2.05, 4.69) is 28.9 Å². The predicted octanol–water partition coefficient (Wildman–Crippen LogP) is 2.84. The van der Waals surface area contributed by atoms with Gasteiger partial charge in [0, 0.05) is 24.7 Å². The number of aliphatic carboxylic acids is 1. The number of hydrogen-bond donors (Lipinski definition) is 1. The Morgan fingerprint density at radius 1 is 1.35 bits per heavy atom. The lowest BCUT2D eigenvalue weighted by Gasteiger charge is -2.32. The molecule has 1 unspecified atom stereocenters. The van der Waals surface area contributed by atoms with Crippen LogP contribution in [0.15, 0.2) is 30.5 Å². The lowest BCUT2D eigenvalue weighted by molar-refractivity contribution is -0.141. The number of carbonyl (C=O) groups is 1. The summed E-state index contributed by atoms with van der Waals surface area (Å²) in [4.78, 5) is 17.8. The zero-order chi connectivity index (χ0) is 14.1. The van der Waals surface area contributed by atoms with Crippen molar-refractivity contribution in [1.29, 1.82) is 0 Å². The topological polar surface area (TPSA) is 53.4 Å². The maximum atomic E-state index is 11.2. The first kappa shape index (κ1) is 12.9. The summed E-state index contributed by atoms with van der Waals surface area (Å²) >= 11 is 0. The van der Waals surface area contributed by atoms with Crippen molar-refractivity contribution in [2.45, 2.75) is 19.8 Å². The molecule has 1 N–H and O–H groups in total. The largest absolute Gasteiger partial charge is 0.481 e. The minimum Gasteiger partial charge on any atom is -0.481 e. The molecule has 0 saturated carbocycles. The lowest BCUT2D eigenvalue weighted by atomic mass is 9.97. The Hall–Kier alpha value is -2.10. The van der Waals surface area contributed by atoms with Crippen LogP contribution >= 0.6 is 0 Å². The van der Waals surface area contributed by atoms with E-state index in [0.717, 1.165) is 30.6 Å². The van der Waals surface area contributed by atoms with Crippen molar-refractivity contribution in [2.75, 3.05) is 18.0 Å². The van der Waals surface area contributed by atoms with E-state index in [1.165, 1.54) is 10.9 Å². The van der Waals surface area contributed by atoms with E-state index < -0.39 is 5.97 Å². The number of hydrogen-bond acceptors (Lipinski definition) is 3. The predicted molar refractivity (Wildman–Crippen MR) is 79.1 cm³/mol. The summed E-state index contributed by atoms with van der Waals surface area (Å²) in [5.41, 5.74) is 1.22. The van der Waals surface area contributed by atoms with E-state index in [-0.39, 0.29) is 5.92 Å². The van der Waals surface area contributed by atoms with E-state index in [1.54, 1.807) is 0 Å². The molecule has 1 fully saturated rings. The van der Waals surface area contributed by atoms with Gasteiger partial charge in [-0.2, -0.15) is 0 Å². The molecule has 0 amide bonds. The number of rotatable bonds is 2. The van der Waals surface area contributed by atoms with Crippen LogP contribution in [0, 0.1) is 12.8 Å². The second-order valence-corrected chi connectivity index (χ2v) is 5.43. The van der Waals surface area contributed by atoms with Crippen LogP contribution < -0.4 is 4.90 Å². The zero-order valence-corrected chi connectivity index (χ0v) is 11.5. The quantitative estimate of drug-likeness (QED) is 0.911. The third-order valence-corrected chi connectivity index (χ3v) is 4.07. The van der Waals surface area contributed by atoms with Crippen molar-refractivity contribution in [3.8, 4) is 0 Å². The molecule has 20 heavy (non-hydrogen) atoms. The monoisotopic (exact) mass is 270 g/mol. The summed E-state index contributed by atoms with van der Waals surface area (Å²) < 4.78 is 0. The molecule has 1 aromatic carbocycles. The van der Waals surface area contributed by atoms with Crippen LogP contribution in [-0.4, -0.2) is 29.1 Å². The molecule has 1 atom stereocenters. The van der Waals surface area contributed by atoms with E-state index >= 15 is 0 Å². The Morgan fingerprint density at radius 3 is 3.00 bits per heavy atom. The second kappa shape index (κ2) is 5.12. The molecule has 0 spiro atoms. The minimum atomic E-state index is -0.703. The molecule has 0 aliphatic carbocycles. The van der Waals surface area contributed by atoms with Crippen LogP contribution in [0.25, 0.3) is 10.8 Å². The van der Waals surface area contributed by atoms with Gasteiger partial charge in [-0.05, 0) is 36.8 Å². The summed E-state index contributed by atoms with van der Waals surface area (Å²) in [6.45, 7) is 3.52. The molecular weight excluding hydrogens is 252 g/mol. The summed E-state index contributed by atoms with van der Waals surface area (Å²) in [5, 5.41) is 11.5. The van der Waals surface area contributed by atoms with E-state index in [0.29, 0.717) is 6.54 Å². The van der Waals surface area contributed by atoms with Crippen molar-refractivity contribution in [1.82, 2.24) is 4.98 Å². The van der Waals surface area contributed by atoms with E-state index in [4.69, 9.17) is 0 Å². The third kappa shape index (κ3) is 2.22. The van der Waals surface area contributed by atoms with Crippen LogP contribution in [-0.2, 0) is 4.79 Å². The number of aromatic nitrogens is 1. The van der Waals surface area contributed by atoms with Crippen LogP contribution in [0.2, 0.25) is 0 Å². The van der Waals surface area contributed by atoms with Crippen molar-refractivity contribution in [3.63, 3.8) is 0 Å². The van der Waals surface area contributed by atoms with Crippen LogP contribution in [0.4, 0.5) is 5.82 Å². The molecule has 104 valence electrons. The molecule has 3 rings (SSSR count). The highest BCUT2D eigenvalue weighted by molar-refractivity contribution is 5.94. The first-order valence-electron chi connectivity index (χ1n) is 6.99. The molecule has 1 aromatic heterocycles. The number of benzene rings is 1. The lowest BCUT2D eigenvalue weighted by Crippen LogP contribution is -2.39. The highest BCUT2D eigenvalue weighted by atomic mass is 16.4. The Labute approximate surface area is 118 Å². The molecule has 2 aromatic rings. The van der Waals surface area contributed by atoms with Gasteiger partial charge in [0.05, 0.1) is 5.92 Å². The maximum Gasteiger partial charge on any atom is 0.308 e. The van der Waals surface area contributed by atoms with Gasteiger partial charge in [0.1, 0.15) is 5.82 Å². The van der Waals surface area contributed by atoms with Gasteiger partial charge in [0.15, 0.2) is 0 Å². The number of piperidine rings is 1. The molecule has 0 radical (unpaired) electrons. The number of pyridine rings is 1. The van der Waals surface area contributed by atoms with Crippen LogP contribution in [0.1, 0.15) is 18.4 Å². The van der Waals surface area contributed by atoms with Crippen LogP contribution in [0.5, 0.6) is 0 Å². The van der Waals surface area contributed by atoms with Gasteiger partial charge in [-0.25, -0.2) is 4.98 Å². The standard InChI is InChI=1S/C16H18N2O2/c1-11-4-2-6-14-13(11)7-8-17-15(14)18-9-3-5-12(10-18)16(19)20/h2,4,6-8,12H,3,5,9-10H2,1H3,(H,19,20). The van der Waals surface area contributed by atoms with Gasteiger partial charge in [-0.1, -0.05) is 18.2 Å². The van der Waals surface area contributed by atoms with Gasteiger partial charge in [0.2, 0.25) is 0 Å². The van der Waals surface area contributed by atoms with Crippen molar-refractivity contribution < 1.29 is 9.90 Å². The number of carboxylic acids is 1. The van der Waals surface area contributed by atoms with Crippen LogP contribution in [0.3, 0.4) is 0 Å². The summed E-state index contributed by atoms with van der Waals surface area (Å²) in [7, 11) is 0. The Kier molecular flexibility index (Phi) is 3.30. The number of carboxylic acid groups (broad SMARTS) is 1. The SMILES string of the molecule is Cc1cccc2c(N3CCCC(C(=O)O)C3)nccc12. The molecule has 0 bridgehead atoms. The number of aryl methyl sites for hydroxylation is 1. The summed E-state index contributed by atoms with van der Waals surface area (Å²) in [5.74, 6) is -0.0751. The highest BCUT2D eigenvalue weighted by Gasteiger charge is 2.26. The van der Waals surface area contributed by atoms with E-state index in [9.17, 15) is 9.90 Å². The average molecular weight is 270 g/mol. The Bertz CT molecular complexity index is 654. The van der Waals surface area contributed by atoms with Crippen molar-refractivity contribution >= 4 is 22.6 Å². The number of fused-ring (bicyclic) bond motifs is 1. The third-order valence-electron chi connectivity index (χ3n) is 4.07. The average Bonchev–Trinajstić information content (AvgIpc) is 2.47. The molecule has 4 nitrogen and oxygen atoms in total. The van der Waals surface area contributed by atoms with Crippen molar-refractivity contribution in [3.05, 3.63) is 36.0 Å². The molecule has 2 heterocycles. The molecule has 1 aliphatic heterocycles. The fraction of sp³-hybridized carbons (Fsp3) is 0.375. The van der Waals surface area contributed by atoms with Gasteiger partial charge >= 0.3 is 5.97 Å². The molecule has 1 saturated heterocycles. The fourth-order valence-corrected chi connectivity index (χ4v) is 2.97. The second-order valence-electron chi connectivity index (χ2n) is 5.43. The molecule has 4 heteroatoms. The maximum absolute atomic E-state index is 11.2. The Balaban J connectivity index is 2.02. The normalized spacial score (nSPS) is 19.2. The first-order chi connectivity index (χ1) is 9.66. The van der Waals surface area contributed by atoms with Gasteiger partial charge in [-0.3, -0.25) is 4.79 Å². The minimum absolute atomic E-state index is 0.286. The van der Waals surface area contributed by atoms with Crippen molar-refractivity contribution in [2.24, 2.45) is 5.92 Å². The van der Waals surface area contributed by atoms with Gasteiger partial charge in [0.25, 0.3) is 0 Å². The fourth-order valence-electron chi connectivity index (χ4n) is 2.97.